The van der Waals surface area contributed by atoms with Crippen LogP contribution in [0.25, 0.3) is 0 Å². The summed E-state index contributed by atoms with van der Waals surface area (Å²) in [4.78, 5) is 0. The number of fused-ring (bicyclic) bond motifs is 1. The van der Waals surface area contributed by atoms with Crippen molar-refractivity contribution in [2.75, 3.05) is 13.7 Å². The molecule has 0 aromatic heterocycles. The number of aliphatic hydroxyl groups is 1. The molecule has 0 bridgehead atoms. The zero-order valence-corrected chi connectivity index (χ0v) is 12.3. The van der Waals surface area contributed by atoms with Crippen molar-refractivity contribution in [3.05, 3.63) is 29.3 Å². The summed E-state index contributed by atoms with van der Waals surface area (Å²) in [5.41, 5.74) is 1.90. The third kappa shape index (κ3) is 2.93. The lowest BCUT2D eigenvalue weighted by Gasteiger charge is -2.34. The van der Waals surface area contributed by atoms with Crippen LogP contribution in [-0.2, 0) is 11.2 Å². The molecule has 2 rings (SSSR count). The van der Waals surface area contributed by atoms with Crippen LogP contribution < -0.4 is 4.74 Å². The molecule has 2 atom stereocenters. The fraction of sp³-hybridized carbons (Fsp3) is 0.625. The molecule has 0 amide bonds. The van der Waals surface area contributed by atoms with E-state index in [0.29, 0.717) is 0 Å². The minimum Gasteiger partial charge on any atom is -0.493 e. The molecule has 2 unspecified atom stereocenters. The van der Waals surface area contributed by atoms with E-state index in [9.17, 15) is 5.11 Å². The molecule has 0 spiro atoms. The fourth-order valence-corrected chi connectivity index (χ4v) is 2.77. The van der Waals surface area contributed by atoms with E-state index in [2.05, 4.69) is 26.8 Å². The van der Waals surface area contributed by atoms with Crippen molar-refractivity contribution in [2.24, 2.45) is 5.41 Å². The molecule has 106 valence electrons. The maximum atomic E-state index is 10.7. The highest BCUT2D eigenvalue weighted by Gasteiger charge is 2.34. The number of ether oxygens (including phenoxy) is 2. The van der Waals surface area contributed by atoms with Crippen molar-refractivity contribution in [3.8, 4) is 5.75 Å². The molecule has 1 aromatic rings. The molecule has 0 fully saturated rings. The number of aliphatic hydroxyl groups excluding tert-OH is 1. The smallest absolute Gasteiger partial charge is 0.128 e. The van der Waals surface area contributed by atoms with E-state index < -0.39 is 6.10 Å². The molecule has 19 heavy (non-hydrogen) atoms. The molecule has 1 aliphatic heterocycles. The van der Waals surface area contributed by atoms with Gasteiger partial charge in [0, 0.05) is 12.7 Å². The first-order valence-electron chi connectivity index (χ1n) is 6.90. The number of benzene rings is 1. The Labute approximate surface area is 115 Å². The highest BCUT2D eigenvalue weighted by atomic mass is 16.5. The molecule has 0 saturated carbocycles. The van der Waals surface area contributed by atoms with Gasteiger partial charge in [-0.25, -0.2) is 0 Å². The van der Waals surface area contributed by atoms with Crippen LogP contribution in [0.5, 0.6) is 5.75 Å². The minimum atomic E-state index is -0.668. The molecule has 1 aromatic carbocycles. The van der Waals surface area contributed by atoms with E-state index in [1.54, 1.807) is 7.11 Å². The van der Waals surface area contributed by atoms with Gasteiger partial charge in [0.15, 0.2) is 0 Å². The van der Waals surface area contributed by atoms with Gasteiger partial charge in [-0.2, -0.15) is 0 Å². The number of para-hydroxylation sites is 1. The van der Waals surface area contributed by atoms with Crippen molar-refractivity contribution in [2.45, 2.75) is 45.8 Å². The van der Waals surface area contributed by atoms with Gasteiger partial charge in [0.05, 0.1) is 12.7 Å². The fourth-order valence-electron chi connectivity index (χ4n) is 2.77. The first-order chi connectivity index (χ1) is 8.95. The van der Waals surface area contributed by atoms with Crippen LogP contribution in [0.3, 0.4) is 0 Å². The normalized spacial score (nSPS) is 18.4. The summed E-state index contributed by atoms with van der Waals surface area (Å²) in [6.07, 6.45) is 1.13. The topological polar surface area (TPSA) is 38.7 Å². The summed E-state index contributed by atoms with van der Waals surface area (Å²) in [6.45, 7) is 6.94. The quantitative estimate of drug-likeness (QED) is 0.911. The summed E-state index contributed by atoms with van der Waals surface area (Å²) in [7, 11) is 1.65. The molecule has 3 nitrogen and oxygen atoms in total. The summed E-state index contributed by atoms with van der Waals surface area (Å²) < 4.78 is 11.3. The predicted molar refractivity (Wildman–Crippen MR) is 75.5 cm³/mol. The second-order valence-electron chi connectivity index (χ2n) is 6.25. The number of rotatable bonds is 3. The van der Waals surface area contributed by atoms with Crippen molar-refractivity contribution in [1.29, 1.82) is 0 Å². The molecule has 1 heterocycles. The van der Waals surface area contributed by atoms with Gasteiger partial charge in [0.25, 0.3) is 0 Å². The molecule has 1 N–H and O–H groups in total. The van der Waals surface area contributed by atoms with Gasteiger partial charge in [0.1, 0.15) is 11.9 Å². The zero-order valence-electron chi connectivity index (χ0n) is 12.3. The Morgan fingerprint density at radius 2 is 2.05 bits per heavy atom. The van der Waals surface area contributed by atoms with Crippen LogP contribution in [0.1, 0.15) is 44.4 Å². The highest BCUT2D eigenvalue weighted by molar-refractivity contribution is 5.44. The number of hydrogen-bond donors (Lipinski definition) is 1. The van der Waals surface area contributed by atoms with Crippen molar-refractivity contribution < 1.29 is 14.6 Å². The molecular formula is C16H24O3. The average Bonchev–Trinajstić information content (AvgIpc) is 2.37. The van der Waals surface area contributed by atoms with E-state index in [4.69, 9.17) is 9.47 Å². The second kappa shape index (κ2) is 5.51. The van der Waals surface area contributed by atoms with E-state index in [-0.39, 0.29) is 11.5 Å². The highest BCUT2D eigenvalue weighted by Crippen LogP contribution is 2.39. The van der Waals surface area contributed by atoms with E-state index >= 15 is 0 Å². The first kappa shape index (κ1) is 14.4. The maximum absolute atomic E-state index is 10.7. The van der Waals surface area contributed by atoms with Gasteiger partial charge in [-0.15, -0.1) is 0 Å². The van der Waals surface area contributed by atoms with Gasteiger partial charge in [-0.1, -0.05) is 39.0 Å². The summed E-state index contributed by atoms with van der Waals surface area (Å²) in [5, 5.41) is 10.7. The lowest BCUT2D eigenvalue weighted by atomic mass is 9.82. The van der Waals surface area contributed by atoms with E-state index in [1.807, 2.05) is 12.1 Å². The van der Waals surface area contributed by atoms with Crippen molar-refractivity contribution in [1.82, 2.24) is 0 Å². The van der Waals surface area contributed by atoms with Crippen molar-refractivity contribution >= 4 is 0 Å². The van der Waals surface area contributed by atoms with Gasteiger partial charge in [0.2, 0.25) is 0 Å². The van der Waals surface area contributed by atoms with Crippen LogP contribution >= 0.6 is 0 Å². The third-order valence-corrected chi connectivity index (χ3v) is 3.68. The Kier molecular flexibility index (Phi) is 4.16. The van der Waals surface area contributed by atoms with Crippen LogP contribution in [0.2, 0.25) is 0 Å². The largest absolute Gasteiger partial charge is 0.493 e. The van der Waals surface area contributed by atoms with Crippen molar-refractivity contribution in [3.63, 3.8) is 0 Å². The zero-order chi connectivity index (χ0) is 14.0. The molecule has 1 aliphatic rings. The number of hydrogen-bond acceptors (Lipinski definition) is 3. The summed E-state index contributed by atoms with van der Waals surface area (Å²) in [5.74, 6) is 0.854. The Bertz CT molecular complexity index is 434. The predicted octanol–water partition coefficient (Wildman–Crippen LogP) is 3.11. The van der Waals surface area contributed by atoms with Gasteiger partial charge in [-0.3, -0.25) is 0 Å². The van der Waals surface area contributed by atoms with Crippen LogP contribution in [0.15, 0.2) is 18.2 Å². The molecular weight excluding hydrogens is 240 g/mol. The Morgan fingerprint density at radius 1 is 1.32 bits per heavy atom. The molecule has 3 heteroatoms. The summed E-state index contributed by atoms with van der Waals surface area (Å²) in [6, 6.07) is 6.00. The maximum Gasteiger partial charge on any atom is 0.128 e. The Balaban J connectivity index is 2.35. The van der Waals surface area contributed by atoms with E-state index in [1.165, 1.54) is 5.56 Å². The second-order valence-corrected chi connectivity index (χ2v) is 6.25. The number of methoxy groups -OCH3 is 1. The Hall–Kier alpha value is -1.06. The molecule has 0 aliphatic carbocycles. The molecule has 0 saturated heterocycles. The average molecular weight is 264 g/mol. The van der Waals surface area contributed by atoms with Gasteiger partial charge in [-0.05, 0) is 23.8 Å². The lowest BCUT2D eigenvalue weighted by molar-refractivity contribution is -0.0732. The van der Waals surface area contributed by atoms with E-state index in [0.717, 1.165) is 30.8 Å². The Morgan fingerprint density at radius 3 is 2.68 bits per heavy atom. The van der Waals surface area contributed by atoms with Crippen LogP contribution in [0, 0.1) is 5.41 Å². The SMILES string of the molecule is COC(C(O)c1cccc2c1OCCC2)C(C)(C)C. The van der Waals surface area contributed by atoms with Crippen LogP contribution in [-0.4, -0.2) is 24.9 Å². The lowest BCUT2D eigenvalue weighted by Crippen LogP contribution is -2.34. The van der Waals surface area contributed by atoms with Crippen LogP contribution in [0.4, 0.5) is 0 Å². The summed E-state index contributed by atoms with van der Waals surface area (Å²) >= 11 is 0. The number of aryl methyl sites for hydroxylation is 1. The third-order valence-electron chi connectivity index (χ3n) is 3.68. The van der Waals surface area contributed by atoms with Gasteiger partial charge < -0.3 is 14.6 Å². The standard InChI is InChI=1S/C16H24O3/c1-16(2,3)15(18-4)13(17)12-9-5-7-11-8-6-10-19-14(11)12/h5,7,9,13,15,17H,6,8,10H2,1-4H3. The minimum absolute atomic E-state index is 0.133. The monoisotopic (exact) mass is 264 g/mol. The first-order valence-corrected chi connectivity index (χ1v) is 6.90. The van der Waals surface area contributed by atoms with Gasteiger partial charge >= 0.3 is 0 Å². The molecule has 0 radical (unpaired) electrons.